The molecule has 0 fully saturated rings. The van der Waals surface area contributed by atoms with Gasteiger partial charge < -0.3 is 19.6 Å². The van der Waals surface area contributed by atoms with Crippen molar-refractivity contribution in [3.8, 4) is 5.75 Å². The van der Waals surface area contributed by atoms with E-state index in [0.29, 0.717) is 16.7 Å². The van der Waals surface area contributed by atoms with Crippen LogP contribution < -0.4 is 10.1 Å². The van der Waals surface area contributed by atoms with Crippen LogP contribution in [-0.4, -0.2) is 29.1 Å². The van der Waals surface area contributed by atoms with Crippen LogP contribution in [-0.2, 0) is 0 Å². The number of rotatable bonds is 4. The number of aromatic nitrogens is 1. The number of carbonyl (C=O) groups excluding carboxylic acids is 1. The molecular weight excluding hydrogens is 300 g/mol. The molecule has 0 atom stereocenters. The van der Waals surface area contributed by atoms with E-state index in [0.717, 1.165) is 0 Å². The molecule has 3 rings (SSSR count). The number of ether oxygens (including phenoxy) is 1. The maximum atomic E-state index is 12.3. The fraction of sp³-hybridized carbons (Fsp3) is 0.0625. The van der Waals surface area contributed by atoms with Crippen molar-refractivity contribution in [2.45, 2.75) is 0 Å². The third-order valence-electron chi connectivity index (χ3n) is 3.25. The molecular formula is C16H12N2O5. The van der Waals surface area contributed by atoms with E-state index in [-0.39, 0.29) is 17.2 Å². The number of nitrogens with one attached hydrogen (secondary N) is 1. The van der Waals surface area contributed by atoms with Crippen molar-refractivity contribution >= 4 is 28.7 Å². The highest BCUT2D eigenvalue weighted by Gasteiger charge is 2.22. The second-order valence-electron chi connectivity index (χ2n) is 4.65. The first-order valence-electron chi connectivity index (χ1n) is 6.66. The molecule has 0 spiro atoms. The molecule has 2 aromatic heterocycles. The summed E-state index contributed by atoms with van der Waals surface area (Å²) in [6.45, 7) is 0. The minimum atomic E-state index is -1.28. The van der Waals surface area contributed by atoms with Crippen LogP contribution in [0.1, 0.15) is 20.9 Å². The quantitative estimate of drug-likeness (QED) is 0.768. The molecule has 0 unspecified atom stereocenters. The van der Waals surface area contributed by atoms with E-state index >= 15 is 0 Å². The zero-order chi connectivity index (χ0) is 16.4. The molecule has 0 saturated carbocycles. The minimum absolute atomic E-state index is 0.0846. The molecule has 1 amide bonds. The summed E-state index contributed by atoms with van der Waals surface area (Å²) in [5.41, 5.74) is 0.594. The Kier molecular flexibility index (Phi) is 3.68. The topological polar surface area (TPSA) is 102 Å². The monoisotopic (exact) mass is 312 g/mol. The first-order chi connectivity index (χ1) is 11.1. The number of carboxylic acids is 1. The van der Waals surface area contributed by atoms with E-state index in [1.807, 2.05) is 0 Å². The second-order valence-corrected chi connectivity index (χ2v) is 4.65. The second kappa shape index (κ2) is 5.80. The molecule has 0 aliphatic carbocycles. The first-order valence-corrected chi connectivity index (χ1v) is 6.66. The van der Waals surface area contributed by atoms with E-state index < -0.39 is 11.9 Å². The smallest absolute Gasteiger partial charge is 0.374 e. The van der Waals surface area contributed by atoms with Gasteiger partial charge in [-0.2, -0.15) is 0 Å². The molecule has 0 aliphatic heterocycles. The van der Waals surface area contributed by atoms with Gasteiger partial charge in [0.1, 0.15) is 11.4 Å². The summed E-state index contributed by atoms with van der Waals surface area (Å²) in [5.74, 6) is -1.49. The number of hydrogen-bond acceptors (Lipinski definition) is 5. The molecule has 3 aromatic rings. The van der Waals surface area contributed by atoms with Crippen LogP contribution in [0.15, 0.2) is 47.0 Å². The van der Waals surface area contributed by atoms with Crippen molar-refractivity contribution in [3.05, 3.63) is 53.9 Å². The van der Waals surface area contributed by atoms with Gasteiger partial charge in [0, 0.05) is 11.8 Å². The summed E-state index contributed by atoms with van der Waals surface area (Å²) in [7, 11) is 1.53. The zero-order valence-corrected chi connectivity index (χ0v) is 12.1. The third kappa shape index (κ3) is 2.71. The average molecular weight is 312 g/mol. The fourth-order valence-corrected chi connectivity index (χ4v) is 2.14. The molecule has 0 bridgehead atoms. The van der Waals surface area contributed by atoms with E-state index in [2.05, 4.69) is 10.3 Å². The highest BCUT2D eigenvalue weighted by Crippen LogP contribution is 2.30. The Bertz CT molecular complexity index is 883. The highest BCUT2D eigenvalue weighted by atomic mass is 16.5. The maximum absolute atomic E-state index is 12.3. The Morgan fingerprint density at radius 3 is 2.61 bits per heavy atom. The lowest BCUT2D eigenvalue weighted by Crippen LogP contribution is -2.13. The van der Waals surface area contributed by atoms with Gasteiger partial charge in [0.15, 0.2) is 0 Å². The number of carbonyl (C=O) groups is 2. The number of furan rings is 1. The Hall–Kier alpha value is -3.35. The summed E-state index contributed by atoms with van der Waals surface area (Å²) in [4.78, 5) is 27.6. The van der Waals surface area contributed by atoms with Crippen LogP contribution in [0.3, 0.4) is 0 Å². The third-order valence-corrected chi connectivity index (χ3v) is 3.25. The van der Waals surface area contributed by atoms with Crippen LogP contribution in [0.5, 0.6) is 5.75 Å². The molecule has 23 heavy (non-hydrogen) atoms. The molecule has 116 valence electrons. The molecule has 7 heteroatoms. The summed E-state index contributed by atoms with van der Waals surface area (Å²) >= 11 is 0. The number of pyridine rings is 1. The van der Waals surface area contributed by atoms with Gasteiger partial charge in [-0.3, -0.25) is 4.79 Å². The zero-order valence-electron chi connectivity index (χ0n) is 12.1. The Labute approximate surface area is 130 Å². The van der Waals surface area contributed by atoms with E-state index in [1.165, 1.54) is 13.3 Å². The summed E-state index contributed by atoms with van der Waals surface area (Å²) < 4.78 is 10.2. The number of amides is 1. The molecule has 2 N–H and O–H groups in total. The Morgan fingerprint density at radius 2 is 1.96 bits per heavy atom. The molecule has 0 saturated heterocycles. The van der Waals surface area contributed by atoms with Crippen molar-refractivity contribution in [2.24, 2.45) is 0 Å². The SMILES string of the molecule is COc1ccc(C(=O)Nc2c(C(=O)O)oc3ncccc23)cc1. The molecule has 0 aliphatic rings. The molecule has 2 heterocycles. The fourth-order valence-electron chi connectivity index (χ4n) is 2.14. The lowest BCUT2D eigenvalue weighted by Gasteiger charge is -2.05. The van der Waals surface area contributed by atoms with Gasteiger partial charge in [0.25, 0.3) is 5.91 Å². The number of fused-ring (bicyclic) bond motifs is 1. The van der Waals surface area contributed by atoms with Crippen LogP contribution in [0, 0.1) is 0 Å². The van der Waals surface area contributed by atoms with Crippen LogP contribution in [0.2, 0.25) is 0 Å². The standard InChI is InChI=1S/C16H12N2O5/c1-22-10-6-4-9(5-7-10)14(19)18-12-11-3-2-8-17-15(11)23-13(12)16(20)21/h2-8H,1H3,(H,18,19)(H,20,21). The van der Waals surface area contributed by atoms with E-state index in [9.17, 15) is 14.7 Å². The summed E-state index contributed by atoms with van der Waals surface area (Å²) in [6.07, 6.45) is 1.48. The number of benzene rings is 1. The normalized spacial score (nSPS) is 10.5. The Balaban J connectivity index is 1.98. The number of nitrogens with zero attached hydrogens (tertiary/aromatic N) is 1. The summed E-state index contributed by atoms with van der Waals surface area (Å²) in [6, 6.07) is 9.70. The predicted octanol–water partition coefficient (Wildman–Crippen LogP) is 2.79. The van der Waals surface area contributed by atoms with Gasteiger partial charge in [0.2, 0.25) is 11.5 Å². The number of carboxylic acid groups (broad SMARTS) is 1. The lowest BCUT2D eigenvalue weighted by molar-refractivity contribution is 0.0666. The van der Waals surface area contributed by atoms with Crippen molar-refractivity contribution in [1.82, 2.24) is 4.98 Å². The minimum Gasteiger partial charge on any atom is -0.497 e. The van der Waals surface area contributed by atoms with Gasteiger partial charge in [-0.05, 0) is 36.4 Å². The number of methoxy groups -OCH3 is 1. The van der Waals surface area contributed by atoms with Gasteiger partial charge in [-0.25, -0.2) is 9.78 Å². The van der Waals surface area contributed by atoms with Crippen LogP contribution in [0.25, 0.3) is 11.1 Å². The highest BCUT2D eigenvalue weighted by molar-refractivity contribution is 6.12. The van der Waals surface area contributed by atoms with Crippen molar-refractivity contribution < 1.29 is 23.8 Å². The van der Waals surface area contributed by atoms with Crippen molar-refractivity contribution in [2.75, 3.05) is 12.4 Å². The maximum Gasteiger partial charge on any atom is 0.374 e. The van der Waals surface area contributed by atoms with Crippen molar-refractivity contribution in [3.63, 3.8) is 0 Å². The van der Waals surface area contributed by atoms with E-state index in [4.69, 9.17) is 9.15 Å². The largest absolute Gasteiger partial charge is 0.497 e. The van der Waals surface area contributed by atoms with Gasteiger partial charge >= 0.3 is 5.97 Å². The van der Waals surface area contributed by atoms with E-state index in [1.54, 1.807) is 36.4 Å². The van der Waals surface area contributed by atoms with Crippen LogP contribution in [0.4, 0.5) is 5.69 Å². The number of hydrogen-bond donors (Lipinski definition) is 2. The lowest BCUT2D eigenvalue weighted by atomic mass is 10.2. The Morgan fingerprint density at radius 1 is 1.22 bits per heavy atom. The first kappa shape index (κ1) is 14.6. The van der Waals surface area contributed by atoms with Crippen LogP contribution >= 0.6 is 0 Å². The summed E-state index contributed by atoms with van der Waals surface area (Å²) in [5, 5.41) is 12.2. The van der Waals surface area contributed by atoms with Crippen molar-refractivity contribution in [1.29, 1.82) is 0 Å². The average Bonchev–Trinajstić information content (AvgIpc) is 2.94. The predicted molar refractivity (Wildman–Crippen MR) is 81.9 cm³/mol. The van der Waals surface area contributed by atoms with Gasteiger partial charge in [-0.15, -0.1) is 0 Å². The molecule has 1 aromatic carbocycles. The van der Waals surface area contributed by atoms with Gasteiger partial charge in [0.05, 0.1) is 12.5 Å². The van der Waals surface area contributed by atoms with Gasteiger partial charge in [-0.1, -0.05) is 0 Å². The molecule has 7 nitrogen and oxygen atoms in total. The molecule has 0 radical (unpaired) electrons. The number of aromatic carboxylic acids is 1. The number of anilines is 1.